The van der Waals surface area contributed by atoms with E-state index in [0.29, 0.717) is 0 Å². The van der Waals surface area contributed by atoms with E-state index >= 15 is 0 Å². The Labute approximate surface area is 98.3 Å². The van der Waals surface area contributed by atoms with Gasteiger partial charge in [-0.15, -0.1) is 0 Å². The minimum atomic E-state index is 0.795. The van der Waals surface area contributed by atoms with E-state index in [-0.39, 0.29) is 0 Å². The molecular weight excluding hydrogens is 194 g/mol. The molecule has 16 heavy (non-hydrogen) atoms. The fourth-order valence-corrected chi connectivity index (χ4v) is 2.68. The maximum Gasteiger partial charge on any atom is 0.00787 e. The van der Waals surface area contributed by atoms with Gasteiger partial charge in [-0.05, 0) is 43.2 Å². The van der Waals surface area contributed by atoms with E-state index in [4.69, 9.17) is 0 Å². The largest absolute Gasteiger partial charge is 0.314 e. The maximum atomic E-state index is 3.69. The molecule has 1 heteroatoms. The highest BCUT2D eigenvalue weighted by Gasteiger charge is 2.30. The van der Waals surface area contributed by atoms with Crippen LogP contribution in [0.15, 0.2) is 30.3 Å². The summed E-state index contributed by atoms with van der Waals surface area (Å²) in [4.78, 5) is 0. The molecule has 0 aromatic heterocycles. The van der Waals surface area contributed by atoms with Crippen LogP contribution >= 0.6 is 0 Å². The van der Waals surface area contributed by atoms with Crippen LogP contribution in [0.1, 0.15) is 43.6 Å². The van der Waals surface area contributed by atoms with Gasteiger partial charge in [0.1, 0.15) is 0 Å². The Hall–Kier alpha value is -0.820. The number of hydrogen-bond acceptors (Lipinski definition) is 1. The standard InChI is InChI=1S/C15H21N/c1-2-4-13(5-3-1)14-10-15(11-14)16-9-8-12-6-7-12/h1-5,12,14-16H,6-11H2. The maximum absolute atomic E-state index is 3.69. The summed E-state index contributed by atoms with van der Waals surface area (Å²) in [5, 5.41) is 3.69. The molecule has 0 saturated heterocycles. The van der Waals surface area contributed by atoms with Crippen molar-refractivity contribution in [2.45, 2.75) is 44.1 Å². The molecule has 2 aliphatic carbocycles. The minimum absolute atomic E-state index is 0.795. The molecule has 3 rings (SSSR count). The third kappa shape index (κ3) is 2.46. The molecule has 2 fully saturated rings. The fraction of sp³-hybridized carbons (Fsp3) is 0.600. The molecule has 2 saturated carbocycles. The van der Waals surface area contributed by atoms with Crippen molar-refractivity contribution in [1.29, 1.82) is 0 Å². The molecule has 2 aliphatic rings. The third-order valence-electron chi connectivity index (χ3n) is 4.09. The summed E-state index contributed by atoms with van der Waals surface area (Å²) in [5.74, 6) is 1.89. The molecule has 0 amide bonds. The molecule has 0 bridgehead atoms. The van der Waals surface area contributed by atoms with Gasteiger partial charge in [-0.1, -0.05) is 43.2 Å². The normalized spacial score (nSPS) is 28.8. The van der Waals surface area contributed by atoms with Gasteiger partial charge in [-0.25, -0.2) is 0 Å². The first-order chi connectivity index (χ1) is 7.92. The molecule has 1 N–H and O–H groups in total. The predicted octanol–water partition coefficient (Wildman–Crippen LogP) is 3.32. The van der Waals surface area contributed by atoms with Gasteiger partial charge in [0.05, 0.1) is 0 Å². The second-order valence-electron chi connectivity index (χ2n) is 5.46. The zero-order valence-electron chi connectivity index (χ0n) is 9.86. The summed E-state index contributed by atoms with van der Waals surface area (Å²) >= 11 is 0. The van der Waals surface area contributed by atoms with Gasteiger partial charge in [0.15, 0.2) is 0 Å². The Kier molecular flexibility index (Phi) is 2.96. The smallest absolute Gasteiger partial charge is 0.00787 e. The van der Waals surface area contributed by atoms with Gasteiger partial charge < -0.3 is 5.32 Å². The van der Waals surface area contributed by atoms with Gasteiger partial charge in [0, 0.05) is 6.04 Å². The molecule has 1 nitrogen and oxygen atoms in total. The van der Waals surface area contributed by atoms with Gasteiger partial charge in [-0.3, -0.25) is 0 Å². The van der Waals surface area contributed by atoms with E-state index in [1.165, 1.54) is 44.2 Å². The monoisotopic (exact) mass is 215 g/mol. The van der Waals surface area contributed by atoms with Crippen LogP contribution in [0, 0.1) is 5.92 Å². The van der Waals surface area contributed by atoms with Crippen LogP contribution in [-0.4, -0.2) is 12.6 Å². The lowest BCUT2D eigenvalue weighted by atomic mass is 9.76. The highest BCUT2D eigenvalue weighted by molar-refractivity contribution is 5.22. The first kappa shape index (κ1) is 10.3. The van der Waals surface area contributed by atoms with Crippen molar-refractivity contribution in [3.8, 4) is 0 Å². The van der Waals surface area contributed by atoms with Crippen molar-refractivity contribution in [3.05, 3.63) is 35.9 Å². The van der Waals surface area contributed by atoms with Crippen LogP contribution in [0.3, 0.4) is 0 Å². The summed E-state index contributed by atoms with van der Waals surface area (Å²) in [5.41, 5.74) is 1.53. The van der Waals surface area contributed by atoms with Crippen LogP contribution in [0.25, 0.3) is 0 Å². The quantitative estimate of drug-likeness (QED) is 0.794. The van der Waals surface area contributed by atoms with Crippen molar-refractivity contribution in [2.24, 2.45) is 5.92 Å². The van der Waals surface area contributed by atoms with Gasteiger partial charge >= 0.3 is 0 Å². The molecule has 1 aromatic carbocycles. The average Bonchev–Trinajstić information content (AvgIpc) is 3.06. The Bertz CT molecular complexity index is 323. The Morgan fingerprint density at radius 2 is 1.81 bits per heavy atom. The topological polar surface area (TPSA) is 12.0 Å². The summed E-state index contributed by atoms with van der Waals surface area (Å²) in [6.07, 6.45) is 7.06. The molecule has 0 heterocycles. The average molecular weight is 215 g/mol. The first-order valence-corrected chi connectivity index (χ1v) is 6.70. The lowest BCUT2D eigenvalue weighted by molar-refractivity contribution is 0.289. The lowest BCUT2D eigenvalue weighted by Crippen LogP contribution is -2.40. The molecule has 0 unspecified atom stereocenters. The second kappa shape index (κ2) is 4.58. The van der Waals surface area contributed by atoms with Crippen LogP contribution in [0.2, 0.25) is 0 Å². The van der Waals surface area contributed by atoms with Crippen LogP contribution in [0.4, 0.5) is 0 Å². The zero-order valence-corrected chi connectivity index (χ0v) is 9.86. The van der Waals surface area contributed by atoms with Gasteiger partial charge in [0.2, 0.25) is 0 Å². The Morgan fingerprint density at radius 3 is 2.50 bits per heavy atom. The van der Waals surface area contributed by atoms with E-state index in [1.54, 1.807) is 0 Å². The SMILES string of the molecule is c1ccc(C2CC(NCCC3CC3)C2)cc1. The molecule has 0 atom stereocenters. The Balaban J connectivity index is 1.37. The van der Waals surface area contributed by atoms with Crippen molar-refractivity contribution >= 4 is 0 Å². The van der Waals surface area contributed by atoms with Crippen molar-refractivity contribution in [2.75, 3.05) is 6.54 Å². The third-order valence-corrected chi connectivity index (χ3v) is 4.09. The van der Waals surface area contributed by atoms with Crippen molar-refractivity contribution < 1.29 is 0 Å². The van der Waals surface area contributed by atoms with E-state index in [9.17, 15) is 0 Å². The van der Waals surface area contributed by atoms with Crippen LogP contribution in [0.5, 0.6) is 0 Å². The van der Waals surface area contributed by atoms with Crippen LogP contribution < -0.4 is 5.32 Å². The van der Waals surface area contributed by atoms with E-state index in [1.807, 2.05) is 0 Å². The van der Waals surface area contributed by atoms with Crippen molar-refractivity contribution in [3.63, 3.8) is 0 Å². The number of rotatable bonds is 5. The summed E-state index contributed by atoms with van der Waals surface area (Å²) in [6, 6.07) is 11.7. The van der Waals surface area contributed by atoms with Gasteiger partial charge in [-0.2, -0.15) is 0 Å². The molecule has 0 spiro atoms. The second-order valence-corrected chi connectivity index (χ2v) is 5.46. The number of benzene rings is 1. The van der Waals surface area contributed by atoms with Gasteiger partial charge in [0.25, 0.3) is 0 Å². The summed E-state index contributed by atoms with van der Waals surface area (Å²) in [6.45, 7) is 1.25. The first-order valence-electron chi connectivity index (χ1n) is 6.70. The highest BCUT2D eigenvalue weighted by atomic mass is 14.9. The molecular formula is C15H21N. The zero-order chi connectivity index (χ0) is 10.8. The number of nitrogens with one attached hydrogen (secondary N) is 1. The van der Waals surface area contributed by atoms with E-state index in [0.717, 1.165) is 17.9 Å². The molecule has 86 valence electrons. The predicted molar refractivity (Wildman–Crippen MR) is 67.5 cm³/mol. The minimum Gasteiger partial charge on any atom is -0.314 e. The van der Waals surface area contributed by atoms with Crippen molar-refractivity contribution in [1.82, 2.24) is 5.32 Å². The summed E-state index contributed by atoms with van der Waals surface area (Å²) < 4.78 is 0. The Morgan fingerprint density at radius 1 is 1.06 bits per heavy atom. The molecule has 0 aliphatic heterocycles. The molecule has 0 radical (unpaired) electrons. The highest BCUT2D eigenvalue weighted by Crippen LogP contribution is 2.37. The lowest BCUT2D eigenvalue weighted by Gasteiger charge is -2.36. The van der Waals surface area contributed by atoms with E-state index < -0.39 is 0 Å². The van der Waals surface area contributed by atoms with E-state index in [2.05, 4.69) is 35.6 Å². The molecule has 1 aromatic rings. The fourth-order valence-electron chi connectivity index (χ4n) is 2.68. The summed E-state index contributed by atoms with van der Waals surface area (Å²) in [7, 11) is 0. The number of hydrogen-bond donors (Lipinski definition) is 1. The van der Waals surface area contributed by atoms with Crippen LogP contribution in [-0.2, 0) is 0 Å².